The van der Waals surface area contributed by atoms with E-state index in [0.717, 1.165) is 11.1 Å². The second-order valence-corrected chi connectivity index (χ2v) is 4.03. The summed E-state index contributed by atoms with van der Waals surface area (Å²) in [6.45, 7) is 2.29. The zero-order chi connectivity index (χ0) is 13.0. The summed E-state index contributed by atoms with van der Waals surface area (Å²) >= 11 is 0. The second kappa shape index (κ2) is 5.42. The van der Waals surface area contributed by atoms with E-state index in [1.807, 2.05) is 37.3 Å². The van der Waals surface area contributed by atoms with Gasteiger partial charge in [-0.05, 0) is 36.2 Å². The Hall–Kier alpha value is -2.20. The van der Waals surface area contributed by atoms with Crippen LogP contribution in [0.2, 0.25) is 0 Å². The fraction of sp³-hybridized carbons (Fsp3) is 0.143. The van der Waals surface area contributed by atoms with Gasteiger partial charge in [-0.1, -0.05) is 18.2 Å². The van der Waals surface area contributed by atoms with Crippen molar-refractivity contribution in [1.29, 1.82) is 0 Å². The third kappa shape index (κ3) is 2.73. The number of carbonyl (C=O) groups excluding carboxylic acids is 1. The molecule has 92 valence electrons. The highest BCUT2D eigenvalue weighted by Crippen LogP contribution is 2.11. The Labute approximate surface area is 106 Å². The zero-order valence-electron chi connectivity index (χ0n) is 10.2. The molecule has 4 nitrogen and oxygen atoms in total. The van der Waals surface area contributed by atoms with Gasteiger partial charge < -0.3 is 11.1 Å². The Morgan fingerprint density at radius 2 is 2.11 bits per heavy atom. The summed E-state index contributed by atoms with van der Waals surface area (Å²) in [5.41, 5.74) is 8.07. The van der Waals surface area contributed by atoms with Gasteiger partial charge >= 0.3 is 0 Å². The van der Waals surface area contributed by atoms with Crippen molar-refractivity contribution in [3.63, 3.8) is 0 Å². The van der Waals surface area contributed by atoms with Crippen molar-refractivity contribution in [3.8, 4) is 0 Å². The summed E-state index contributed by atoms with van der Waals surface area (Å²) in [4.78, 5) is 16.2. The molecule has 3 N–H and O–H groups in total. The molecule has 4 heteroatoms. The normalized spacial score (nSPS) is 10.1. The number of hydrogen-bond acceptors (Lipinski definition) is 3. The molecule has 1 aromatic heterocycles. The summed E-state index contributed by atoms with van der Waals surface area (Å²) in [6, 6.07) is 11.0. The van der Waals surface area contributed by atoms with Crippen LogP contribution in [0.5, 0.6) is 0 Å². The van der Waals surface area contributed by atoms with Gasteiger partial charge in [0, 0.05) is 18.3 Å². The van der Waals surface area contributed by atoms with Gasteiger partial charge in [0.25, 0.3) is 5.91 Å². The molecule has 1 amide bonds. The van der Waals surface area contributed by atoms with E-state index in [1.54, 1.807) is 12.3 Å². The van der Waals surface area contributed by atoms with E-state index in [4.69, 9.17) is 5.73 Å². The van der Waals surface area contributed by atoms with Gasteiger partial charge in [0.15, 0.2) is 0 Å². The second-order valence-electron chi connectivity index (χ2n) is 4.03. The first-order chi connectivity index (χ1) is 8.70. The summed E-state index contributed by atoms with van der Waals surface area (Å²) in [5.74, 6) is 0.362. The Balaban J connectivity index is 2.22. The van der Waals surface area contributed by atoms with Gasteiger partial charge in [-0.25, -0.2) is 4.98 Å². The van der Waals surface area contributed by atoms with Gasteiger partial charge in [0.2, 0.25) is 0 Å². The maximum absolute atomic E-state index is 12.1. The van der Waals surface area contributed by atoms with E-state index >= 15 is 0 Å². The van der Waals surface area contributed by atoms with Crippen LogP contribution in [0.25, 0.3) is 0 Å². The van der Waals surface area contributed by atoms with Crippen molar-refractivity contribution >= 4 is 11.7 Å². The number of amides is 1. The first kappa shape index (κ1) is 12.3. The number of hydrogen-bond donors (Lipinski definition) is 2. The number of nitrogens with one attached hydrogen (secondary N) is 1. The van der Waals surface area contributed by atoms with Crippen molar-refractivity contribution in [1.82, 2.24) is 4.98 Å². The summed E-state index contributed by atoms with van der Waals surface area (Å²) in [5, 5.41) is 2.77. The van der Waals surface area contributed by atoms with Crippen LogP contribution in [-0.4, -0.2) is 10.9 Å². The molecule has 0 bridgehead atoms. The molecule has 0 fully saturated rings. The standard InChI is InChI=1S/C14H15N3O/c1-10-6-7-16-13(8-10)17-14(18)12-5-3-2-4-11(12)9-15/h2-8H,9,15H2,1H3,(H,16,17,18). The number of nitrogens with two attached hydrogens (primary N) is 1. The predicted molar refractivity (Wildman–Crippen MR) is 71.3 cm³/mol. The first-order valence-corrected chi connectivity index (χ1v) is 5.72. The van der Waals surface area contributed by atoms with Gasteiger partial charge in [-0.3, -0.25) is 4.79 Å². The van der Waals surface area contributed by atoms with Gasteiger partial charge in [-0.2, -0.15) is 0 Å². The van der Waals surface area contributed by atoms with Crippen LogP contribution in [0.3, 0.4) is 0 Å². The van der Waals surface area contributed by atoms with Gasteiger partial charge in [0.05, 0.1) is 0 Å². The van der Waals surface area contributed by atoms with Crippen LogP contribution >= 0.6 is 0 Å². The minimum atomic E-state index is -0.186. The Morgan fingerprint density at radius 3 is 2.83 bits per heavy atom. The lowest BCUT2D eigenvalue weighted by Crippen LogP contribution is -2.16. The van der Waals surface area contributed by atoms with Crippen molar-refractivity contribution in [2.24, 2.45) is 5.73 Å². The molecule has 18 heavy (non-hydrogen) atoms. The van der Waals surface area contributed by atoms with Crippen LogP contribution in [-0.2, 0) is 6.54 Å². The third-order valence-electron chi connectivity index (χ3n) is 2.64. The summed E-state index contributed by atoms with van der Waals surface area (Å²) < 4.78 is 0. The minimum Gasteiger partial charge on any atom is -0.326 e. The molecule has 0 radical (unpaired) electrons. The molecular formula is C14H15N3O. The number of benzene rings is 1. The fourth-order valence-corrected chi connectivity index (χ4v) is 1.71. The van der Waals surface area contributed by atoms with Crippen LogP contribution in [0.4, 0.5) is 5.82 Å². The van der Waals surface area contributed by atoms with Gasteiger partial charge in [-0.15, -0.1) is 0 Å². The maximum Gasteiger partial charge on any atom is 0.257 e. The van der Waals surface area contributed by atoms with Gasteiger partial charge in [0.1, 0.15) is 5.82 Å². The Morgan fingerprint density at radius 1 is 1.33 bits per heavy atom. The number of anilines is 1. The Kier molecular flexibility index (Phi) is 3.69. The molecule has 0 aliphatic heterocycles. The van der Waals surface area contributed by atoms with E-state index in [-0.39, 0.29) is 5.91 Å². The van der Waals surface area contributed by atoms with Crippen molar-refractivity contribution in [2.75, 3.05) is 5.32 Å². The Bertz CT molecular complexity index is 566. The number of aromatic nitrogens is 1. The molecule has 0 aliphatic carbocycles. The highest BCUT2D eigenvalue weighted by molar-refractivity contribution is 6.04. The quantitative estimate of drug-likeness (QED) is 0.864. The SMILES string of the molecule is Cc1ccnc(NC(=O)c2ccccc2CN)c1. The molecule has 0 spiro atoms. The molecular weight excluding hydrogens is 226 g/mol. The predicted octanol–water partition coefficient (Wildman–Crippen LogP) is 2.10. The molecule has 2 rings (SSSR count). The van der Waals surface area contributed by atoms with E-state index < -0.39 is 0 Å². The molecule has 1 aromatic carbocycles. The largest absolute Gasteiger partial charge is 0.326 e. The topological polar surface area (TPSA) is 68.0 Å². The van der Waals surface area contributed by atoms with E-state index in [9.17, 15) is 4.79 Å². The summed E-state index contributed by atoms with van der Waals surface area (Å²) in [6.07, 6.45) is 1.67. The molecule has 0 unspecified atom stereocenters. The third-order valence-corrected chi connectivity index (χ3v) is 2.64. The molecule has 2 aromatic rings. The highest BCUT2D eigenvalue weighted by atomic mass is 16.1. The van der Waals surface area contributed by atoms with Crippen LogP contribution in [0.15, 0.2) is 42.6 Å². The van der Waals surface area contributed by atoms with E-state index in [0.29, 0.717) is 17.9 Å². The monoisotopic (exact) mass is 241 g/mol. The van der Waals surface area contributed by atoms with Crippen LogP contribution in [0.1, 0.15) is 21.5 Å². The number of pyridine rings is 1. The molecule has 1 heterocycles. The van der Waals surface area contributed by atoms with Crippen molar-refractivity contribution < 1.29 is 4.79 Å². The summed E-state index contributed by atoms with van der Waals surface area (Å²) in [7, 11) is 0. The number of carbonyl (C=O) groups is 1. The van der Waals surface area contributed by atoms with Crippen LogP contribution in [0, 0.1) is 6.92 Å². The zero-order valence-corrected chi connectivity index (χ0v) is 10.2. The number of rotatable bonds is 3. The average molecular weight is 241 g/mol. The first-order valence-electron chi connectivity index (χ1n) is 5.72. The lowest BCUT2D eigenvalue weighted by atomic mass is 10.1. The van der Waals surface area contributed by atoms with Crippen molar-refractivity contribution in [2.45, 2.75) is 13.5 Å². The lowest BCUT2D eigenvalue weighted by Gasteiger charge is -2.08. The highest BCUT2D eigenvalue weighted by Gasteiger charge is 2.10. The maximum atomic E-state index is 12.1. The average Bonchev–Trinajstić information content (AvgIpc) is 2.38. The fourth-order valence-electron chi connectivity index (χ4n) is 1.71. The van der Waals surface area contributed by atoms with Crippen molar-refractivity contribution in [3.05, 3.63) is 59.3 Å². The number of aryl methyl sites for hydroxylation is 1. The molecule has 0 aliphatic rings. The smallest absolute Gasteiger partial charge is 0.257 e. The molecule has 0 saturated heterocycles. The van der Waals surface area contributed by atoms with Crippen LogP contribution < -0.4 is 11.1 Å². The van der Waals surface area contributed by atoms with E-state index in [2.05, 4.69) is 10.3 Å². The molecule has 0 saturated carbocycles. The lowest BCUT2D eigenvalue weighted by molar-refractivity contribution is 0.102. The number of nitrogens with zero attached hydrogens (tertiary/aromatic N) is 1. The minimum absolute atomic E-state index is 0.186. The van der Waals surface area contributed by atoms with E-state index in [1.165, 1.54) is 0 Å². The molecule has 0 atom stereocenters.